The second kappa shape index (κ2) is 6.15. The number of nitrogens with zero attached hydrogens (tertiary/aromatic N) is 1. The molecule has 0 aliphatic carbocycles. The highest BCUT2D eigenvalue weighted by molar-refractivity contribution is 7.80. The highest BCUT2D eigenvalue weighted by Gasteiger charge is 2.04. The van der Waals surface area contributed by atoms with Crippen LogP contribution in [0, 0.1) is 13.8 Å². The van der Waals surface area contributed by atoms with E-state index in [0.717, 1.165) is 22.5 Å². The molecule has 1 aromatic heterocycles. The van der Waals surface area contributed by atoms with Crippen LogP contribution in [-0.2, 0) is 6.54 Å². The van der Waals surface area contributed by atoms with Crippen LogP contribution < -0.4 is 10.6 Å². The molecule has 1 heterocycles. The van der Waals surface area contributed by atoms with Crippen molar-refractivity contribution in [3.05, 3.63) is 59.4 Å². The van der Waals surface area contributed by atoms with Crippen LogP contribution in [0.5, 0.6) is 0 Å². The van der Waals surface area contributed by atoms with Crippen molar-refractivity contribution in [2.75, 3.05) is 5.32 Å². The molecule has 5 heteroatoms. The lowest BCUT2D eigenvalue weighted by atomic mass is 10.1. The third-order valence-corrected chi connectivity index (χ3v) is 3.73. The van der Waals surface area contributed by atoms with Crippen molar-refractivity contribution in [3.63, 3.8) is 0 Å². The maximum Gasteiger partial charge on any atom is 0.171 e. The molecule has 0 unspecified atom stereocenters. The van der Waals surface area contributed by atoms with Gasteiger partial charge in [-0.15, -0.1) is 0 Å². The van der Waals surface area contributed by atoms with E-state index in [4.69, 9.17) is 12.2 Å². The van der Waals surface area contributed by atoms with Gasteiger partial charge in [0, 0.05) is 5.69 Å². The van der Waals surface area contributed by atoms with Gasteiger partial charge in [0.2, 0.25) is 0 Å². The molecule has 0 amide bonds. The summed E-state index contributed by atoms with van der Waals surface area (Å²) in [6.45, 7) is 4.71. The number of H-pyrrole nitrogens is 1. The smallest absolute Gasteiger partial charge is 0.171 e. The van der Waals surface area contributed by atoms with Gasteiger partial charge < -0.3 is 15.6 Å². The highest BCUT2D eigenvalue weighted by atomic mass is 32.1. The predicted octanol–water partition coefficient (Wildman–Crippen LogP) is 3.67. The van der Waals surface area contributed by atoms with Gasteiger partial charge in [0.1, 0.15) is 5.82 Å². The van der Waals surface area contributed by atoms with Gasteiger partial charge >= 0.3 is 0 Å². The summed E-state index contributed by atoms with van der Waals surface area (Å²) in [4.78, 5) is 7.79. The normalized spacial score (nSPS) is 10.6. The Morgan fingerprint density at radius 1 is 1.18 bits per heavy atom. The van der Waals surface area contributed by atoms with Crippen molar-refractivity contribution in [2.45, 2.75) is 20.4 Å². The van der Waals surface area contributed by atoms with Gasteiger partial charge in [0.05, 0.1) is 17.6 Å². The van der Waals surface area contributed by atoms with E-state index >= 15 is 0 Å². The number of aromatic nitrogens is 2. The number of rotatable bonds is 3. The molecule has 0 fully saturated rings. The fraction of sp³-hybridized carbons (Fsp3) is 0.176. The SMILES string of the molecule is Cc1ccc(NC(=S)NCc2nc3ccccc3[nH]2)c(C)c1. The van der Waals surface area contributed by atoms with E-state index in [-0.39, 0.29) is 0 Å². The molecule has 0 atom stereocenters. The molecule has 3 aromatic rings. The monoisotopic (exact) mass is 310 g/mol. The molecule has 3 N–H and O–H groups in total. The number of hydrogen-bond acceptors (Lipinski definition) is 2. The summed E-state index contributed by atoms with van der Waals surface area (Å²) in [5.41, 5.74) is 5.44. The molecule has 0 saturated carbocycles. The zero-order chi connectivity index (χ0) is 15.5. The Balaban J connectivity index is 1.62. The summed E-state index contributed by atoms with van der Waals surface area (Å²) in [5, 5.41) is 6.99. The molecule has 0 saturated heterocycles. The number of nitrogens with one attached hydrogen (secondary N) is 3. The number of thiocarbonyl (C=S) groups is 1. The number of imidazole rings is 1. The van der Waals surface area contributed by atoms with E-state index in [1.54, 1.807) is 0 Å². The quantitative estimate of drug-likeness (QED) is 0.646. The lowest BCUT2D eigenvalue weighted by Crippen LogP contribution is -2.28. The highest BCUT2D eigenvalue weighted by Crippen LogP contribution is 2.16. The zero-order valence-corrected chi connectivity index (χ0v) is 13.4. The van der Waals surface area contributed by atoms with Gasteiger partial charge in [-0.3, -0.25) is 0 Å². The van der Waals surface area contributed by atoms with Crippen molar-refractivity contribution in [1.29, 1.82) is 0 Å². The summed E-state index contributed by atoms with van der Waals surface area (Å²) < 4.78 is 0. The lowest BCUT2D eigenvalue weighted by molar-refractivity contribution is 0.859. The molecule has 4 nitrogen and oxygen atoms in total. The minimum atomic E-state index is 0.561. The molecule has 0 radical (unpaired) electrons. The fourth-order valence-corrected chi connectivity index (χ4v) is 2.56. The average Bonchev–Trinajstić information content (AvgIpc) is 2.91. The molecular formula is C17H18N4S. The number of para-hydroxylation sites is 2. The number of aryl methyl sites for hydroxylation is 2. The van der Waals surface area contributed by atoms with E-state index in [1.807, 2.05) is 30.3 Å². The second-order valence-corrected chi connectivity index (χ2v) is 5.73. The van der Waals surface area contributed by atoms with Crippen molar-refractivity contribution < 1.29 is 0 Å². The van der Waals surface area contributed by atoms with Crippen LogP contribution in [0.25, 0.3) is 11.0 Å². The molecule has 22 heavy (non-hydrogen) atoms. The molecule has 2 aromatic carbocycles. The summed E-state index contributed by atoms with van der Waals surface area (Å²) >= 11 is 5.34. The van der Waals surface area contributed by atoms with Gasteiger partial charge in [-0.05, 0) is 49.8 Å². The number of fused-ring (bicyclic) bond motifs is 1. The first-order chi connectivity index (χ1) is 10.6. The van der Waals surface area contributed by atoms with Gasteiger partial charge in [-0.25, -0.2) is 4.98 Å². The van der Waals surface area contributed by atoms with Gasteiger partial charge in [-0.2, -0.15) is 0 Å². The van der Waals surface area contributed by atoms with Gasteiger partial charge in [0.15, 0.2) is 5.11 Å². The number of benzene rings is 2. The lowest BCUT2D eigenvalue weighted by Gasteiger charge is -2.12. The minimum Gasteiger partial charge on any atom is -0.355 e. The van der Waals surface area contributed by atoms with Crippen LogP contribution in [0.1, 0.15) is 17.0 Å². The average molecular weight is 310 g/mol. The van der Waals surface area contributed by atoms with Crippen molar-refractivity contribution >= 4 is 34.1 Å². The first-order valence-corrected chi connectivity index (χ1v) is 7.58. The van der Waals surface area contributed by atoms with Gasteiger partial charge in [0.25, 0.3) is 0 Å². The third kappa shape index (κ3) is 3.26. The first-order valence-electron chi connectivity index (χ1n) is 7.17. The van der Waals surface area contributed by atoms with Crippen LogP contribution in [0.15, 0.2) is 42.5 Å². The van der Waals surface area contributed by atoms with Gasteiger partial charge in [-0.1, -0.05) is 29.8 Å². The fourth-order valence-electron chi connectivity index (χ4n) is 2.37. The zero-order valence-electron chi connectivity index (χ0n) is 12.6. The van der Waals surface area contributed by atoms with Crippen molar-refractivity contribution in [2.24, 2.45) is 0 Å². The molecule has 0 spiro atoms. The molecule has 0 aliphatic rings. The molecular weight excluding hydrogens is 292 g/mol. The van der Waals surface area contributed by atoms with Crippen molar-refractivity contribution in [1.82, 2.24) is 15.3 Å². The maximum absolute atomic E-state index is 5.34. The standard InChI is InChI=1S/C17H18N4S/c1-11-7-8-13(12(2)9-11)21-17(22)18-10-16-19-14-5-3-4-6-15(14)20-16/h3-9H,10H2,1-2H3,(H,19,20)(H2,18,21,22). The number of aromatic amines is 1. The summed E-state index contributed by atoms with van der Waals surface area (Å²) in [6, 6.07) is 14.2. The second-order valence-electron chi connectivity index (χ2n) is 5.33. The Labute approximate surface area is 135 Å². The molecule has 112 valence electrons. The Morgan fingerprint density at radius 2 is 2.00 bits per heavy atom. The Morgan fingerprint density at radius 3 is 2.77 bits per heavy atom. The minimum absolute atomic E-state index is 0.561. The molecule has 3 rings (SSSR count). The third-order valence-electron chi connectivity index (χ3n) is 3.48. The van der Waals surface area contributed by atoms with Crippen LogP contribution in [0.3, 0.4) is 0 Å². The summed E-state index contributed by atoms with van der Waals surface area (Å²) in [5.74, 6) is 0.867. The summed E-state index contributed by atoms with van der Waals surface area (Å²) in [7, 11) is 0. The van der Waals surface area contributed by atoms with E-state index in [0.29, 0.717) is 11.7 Å². The molecule has 0 bridgehead atoms. The van der Waals surface area contributed by atoms with E-state index in [9.17, 15) is 0 Å². The van der Waals surface area contributed by atoms with Crippen LogP contribution in [0.2, 0.25) is 0 Å². The van der Waals surface area contributed by atoms with Crippen LogP contribution >= 0.6 is 12.2 Å². The maximum atomic E-state index is 5.34. The Bertz CT molecular complexity index is 789. The first kappa shape index (κ1) is 14.5. The van der Waals surface area contributed by atoms with E-state index < -0.39 is 0 Å². The van der Waals surface area contributed by atoms with E-state index in [2.05, 4.69) is 46.6 Å². The Hall–Kier alpha value is -2.40. The van der Waals surface area contributed by atoms with Crippen molar-refractivity contribution in [3.8, 4) is 0 Å². The largest absolute Gasteiger partial charge is 0.355 e. The van der Waals surface area contributed by atoms with Crippen LogP contribution in [-0.4, -0.2) is 15.1 Å². The number of anilines is 1. The molecule has 0 aliphatic heterocycles. The Kier molecular flexibility index (Phi) is 4.06. The van der Waals surface area contributed by atoms with E-state index in [1.165, 1.54) is 11.1 Å². The summed E-state index contributed by atoms with van der Waals surface area (Å²) in [6.07, 6.45) is 0. The topological polar surface area (TPSA) is 52.7 Å². The number of hydrogen-bond donors (Lipinski definition) is 3. The van der Waals surface area contributed by atoms with Crippen LogP contribution in [0.4, 0.5) is 5.69 Å². The predicted molar refractivity (Wildman–Crippen MR) is 95.1 cm³/mol.